The summed E-state index contributed by atoms with van der Waals surface area (Å²) in [7, 11) is 3.83. The molecule has 0 aromatic carbocycles. The summed E-state index contributed by atoms with van der Waals surface area (Å²) in [5.41, 5.74) is 4.79. The molecule has 0 unspecified atom stereocenters. The van der Waals surface area contributed by atoms with Gasteiger partial charge in [0.15, 0.2) is 0 Å². The molecule has 3 N–H and O–H groups in total. The Balaban J connectivity index is 4.32. The van der Waals surface area contributed by atoms with Crippen molar-refractivity contribution in [3.63, 3.8) is 0 Å². The number of nitrogens with zero attached hydrogens (tertiary/aromatic N) is 1. The van der Waals surface area contributed by atoms with Crippen LogP contribution in [0.5, 0.6) is 0 Å². The first-order chi connectivity index (χ1) is 6.28. The van der Waals surface area contributed by atoms with Crippen molar-refractivity contribution in [1.29, 1.82) is 0 Å². The predicted molar refractivity (Wildman–Crippen MR) is 57.2 cm³/mol. The Hall–Kier alpha value is -0.610. The van der Waals surface area contributed by atoms with Gasteiger partial charge in [0.25, 0.3) is 0 Å². The number of carbonyl (C=O) groups is 1. The first-order valence-electron chi connectivity index (χ1n) is 4.95. The fourth-order valence-electron chi connectivity index (χ4n) is 1.45. The van der Waals surface area contributed by atoms with Gasteiger partial charge in [-0.2, -0.15) is 0 Å². The number of rotatable bonds is 6. The molecule has 0 saturated carbocycles. The molecular weight excluding hydrogens is 180 g/mol. The highest BCUT2D eigenvalue weighted by atomic mass is 16.4. The molecule has 0 aliphatic heterocycles. The van der Waals surface area contributed by atoms with Crippen LogP contribution in [0, 0.1) is 5.92 Å². The number of hydrogen-bond acceptors (Lipinski definition) is 3. The lowest BCUT2D eigenvalue weighted by Gasteiger charge is -2.27. The normalized spacial score (nSPS) is 15.9. The van der Waals surface area contributed by atoms with Gasteiger partial charge in [-0.15, -0.1) is 0 Å². The largest absolute Gasteiger partial charge is 0.480 e. The lowest BCUT2D eigenvalue weighted by atomic mass is 9.87. The Morgan fingerprint density at radius 1 is 1.50 bits per heavy atom. The molecule has 0 amide bonds. The second kappa shape index (κ2) is 5.32. The van der Waals surface area contributed by atoms with Gasteiger partial charge in [-0.05, 0) is 39.4 Å². The van der Waals surface area contributed by atoms with Crippen molar-refractivity contribution in [3.05, 3.63) is 0 Å². The number of carboxylic acid groups (broad SMARTS) is 1. The van der Waals surface area contributed by atoms with E-state index < -0.39 is 11.5 Å². The average Bonchev–Trinajstić information content (AvgIpc) is 1.99. The van der Waals surface area contributed by atoms with Gasteiger partial charge in [0.2, 0.25) is 0 Å². The highest BCUT2D eigenvalue weighted by molar-refractivity contribution is 5.78. The van der Waals surface area contributed by atoms with Crippen LogP contribution in [0.2, 0.25) is 0 Å². The summed E-state index contributed by atoms with van der Waals surface area (Å²) >= 11 is 0. The third-order valence-electron chi connectivity index (χ3n) is 2.20. The summed E-state index contributed by atoms with van der Waals surface area (Å²) in [6.07, 6.45) is 1.02. The van der Waals surface area contributed by atoms with E-state index in [2.05, 4.69) is 0 Å². The molecule has 0 saturated heterocycles. The summed E-state index contributed by atoms with van der Waals surface area (Å²) < 4.78 is 0. The molecule has 0 bridgehead atoms. The Morgan fingerprint density at radius 3 is 2.29 bits per heavy atom. The molecule has 84 valence electrons. The second-order valence-electron chi connectivity index (χ2n) is 4.61. The molecule has 0 aromatic rings. The number of carboxylic acids is 1. The van der Waals surface area contributed by atoms with Crippen LogP contribution in [0.1, 0.15) is 26.7 Å². The fourth-order valence-corrected chi connectivity index (χ4v) is 1.45. The van der Waals surface area contributed by atoms with E-state index in [-0.39, 0.29) is 0 Å². The van der Waals surface area contributed by atoms with Gasteiger partial charge in [0.1, 0.15) is 5.54 Å². The van der Waals surface area contributed by atoms with E-state index in [1.54, 1.807) is 0 Å². The maximum absolute atomic E-state index is 11.0. The van der Waals surface area contributed by atoms with Gasteiger partial charge >= 0.3 is 5.97 Å². The quantitative estimate of drug-likeness (QED) is 0.667. The molecule has 0 radical (unpaired) electrons. The topological polar surface area (TPSA) is 66.6 Å². The van der Waals surface area contributed by atoms with E-state index in [0.717, 1.165) is 0 Å². The predicted octanol–water partition coefficient (Wildman–Crippen LogP) is 0.766. The van der Waals surface area contributed by atoms with Crippen molar-refractivity contribution < 1.29 is 9.90 Å². The van der Waals surface area contributed by atoms with Crippen molar-refractivity contribution in [2.75, 3.05) is 20.6 Å². The minimum Gasteiger partial charge on any atom is -0.480 e. The Bertz CT molecular complexity index is 193. The van der Waals surface area contributed by atoms with E-state index >= 15 is 0 Å². The van der Waals surface area contributed by atoms with Gasteiger partial charge in [-0.3, -0.25) is 4.79 Å². The molecule has 0 rings (SSSR count). The highest BCUT2D eigenvalue weighted by Crippen LogP contribution is 2.18. The Labute approximate surface area is 86.1 Å². The van der Waals surface area contributed by atoms with Gasteiger partial charge in [0.05, 0.1) is 0 Å². The SMILES string of the molecule is CC(C)C[C@@](N)(CCN(C)C)C(=O)O. The molecule has 0 aliphatic carbocycles. The van der Waals surface area contributed by atoms with E-state index in [1.807, 2.05) is 32.8 Å². The maximum Gasteiger partial charge on any atom is 0.323 e. The zero-order chi connectivity index (χ0) is 11.4. The van der Waals surface area contributed by atoms with E-state index in [9.17, 15) is 4.79 Å². The number of nitrogens with two attached hydrogens (primary N) is 1. The molecular formula is C10H22N2O2. The van der Waals surface area contributed by atoms with E-state index in [1.165, 1.54) is 0 Å². The second-order valence-corrected chi connectivity index (χ2v) is 4.61. The van der Waals surface area contributed by atoms with Gasteiger partial charge in [0, 0.05) is 0 Å². The Kier molecular flexibility index (Phi) is 5.08. The third kappa shape index (κ3) is 4.58. The monoisotopic (exact) mass is 202 g/mol. The summed E-state index contributed by atoms with van der Waals surface area (Å²) in [4.78, 5) is 13.0. The van der Waals surface area contributed by atoms with Crippen LogP contribution in [0.25, 0.3) is 0 Å². The molecule has 4 heteroatoms. The van der Waals surface area contributed by atoms with Crippen LogP contribution in [0.3, 0.4) is 0 Å². The van der Waals surface area contributed by atoms with Gasteiger partial charge < -0.3 is 15.7 Å². The molecule has 0 heterocycles. The molecule has 0 aromatic heterocycles. The molecule has 0 fully saturated rings. The lowest BCUT2D eigenvalue weighted by molar-refractivity contribution is -0.144. The van der Waals surface area contributed by atoms with Crippen molar-refractivity contribution in [2.45, 2.75) is 32.2 Å². The first-order valence-corrected chi connectivity index (χ1v) is 4.95. The Morgan fingerprint density at radius 2 is 2.00 bits per heavy atom. The summed E-state index contributed by atoms with van der Waals surface area (Å²) in [5.74, 6) is -0.591. The van der Waals surface area contributed by atoms with Crippen LogP contribution < -0.4 is 5.73 Å². The average molecular weight is 202 g/mol. The van der Waals surface area contributed by atoms with Crippen LogP contribution in [-0.4, -0.2) is 42.2 Å². The number of hydrogen-bond donors (Lipinski definition) is 2. The minimum atomic E-state index is -1.07. The summed E-state index contributed by atoms with van der Waals surface area (Å²) in [6, 6.07) is 0. The van der Waals surface area contributed by atoms with E-state index in [4.69, 9.17) is 10.8 Å². The first kappa shape index (κ1) is 13.4. The van der Waals surface area contributed by atoms with Gasteiger partial charge in [-0.25, -0.2) is 0 Å². The molecule has 4 nitrogen and oxygen atoms in total. The zero-order valence-corrected chi connectivity index (χ0v) is 9.58. The van der Waals surface area contributed by atoms with Crippen molar-refractivity contribution in [3.8, 4) is 0 Å². The van der Waals surface area contributed by atoms with Crippen LogP contribution in [0.4, 0.5) is 0 Å². The third-order valence-corrected chi connectivity index (χ3v) is 2.20. The molecule has 0 spiro atoms. The smallest absolute Gasteiger partial charge is 0.323 e. The standard InChI is InChI=1S/C10H22N2O2/c1-8(2)7-10(11,9(13)14)5-6-12(3)4/h8H,5-7,11H2,1-4H3,(H,13,14)/t10-/m0/s1. The number of aliphatic carboxylic acids is 1. The summed E-state index contributed by atoms with van der Waals surface area (Å²) in [5, 5.41) is 9.05. The molecule has 0 aliphatic rings. The van der Waals surface area contributed by atoms with Crippen molar-refractivity contribution in [1.82, 2.24) is 4.90 Å². The van der Waals surface area contributed by atoms with Crippen molar-refractivity contribution >= 4 is 5.97 Å². The van der Waals surface area contributed by atoms with Crippen molar-refractivity contribution in [2.24, 2.45) is 11.7 Å². The van der Waals surface area contributed by atoms with Crippen LogP contribution >= 0.6 is 0 Å². The van der Waals surface area contributed by atoms with Crippen LogP contribution in [-0.2, 0) is 4.79 Å². The highest BCUT2D eigenvalue weighted by Gasteiger charge is 2.34. The van der Waals surface area contributed by atoms with E-state index in [0.29, 0.717) is 25.3 Å². The maximum atomic E-state index is 11.0. The van der Waals surface area contributed by atoms with Crippen LogP contribution in [0.15, 0.2) is 0 Å². The fraction of sp³-hybridized carbons (Fsp3) is 0.900. The summed E-state index contributed by atoms with van der Waals surface area (Å²) in [6.45, 7) is 4.68. The molecule has 1 atom stereocenters. The minimum absolute atomic E-state index is 0.304. The lowest BCUT2D eigenvalue weighted by Crippen LogP contribution is -2.50. The van der Waals surface area contributed by atoms with Gasteiger partial charge in [-0.1, -0.05) is 13.8 Å². The zero-order valence-electron chi connectivity index (χ0n) is 9.58. The molecule has 14 heavy (non-hydrogen) atoms.